The van der Waals surface area contributed by atoms with Crippen molar-refractivity contribution >= 4 is 11.6 Å². The standard InChI is InChI=1S/C18H30N2O3/c1-7-22-15-10-9-14(11-16(15)23-8-2)19-17(21)12-20(6)13-18(3,4)5/h9-11H,7-8,12-13H2,1-6H3,(H,19,21). The zero-order valence-corrected chi connectivity index (χ0v) is 15.2. The third-order valence-corrected chi connectivity index (χ3v) is 2.98. The molecule has 0 aliphatic rings. The lowest BCUT2D eigenvalue weighted by Gasteiger charge is -2.26. The van der Waals surface area contributed by atoms with Crippen molar-refractivity contribution in [3.05, 3.63) is 18.2 Å². The molecule has 0 spiro atoms. The molecule has 0 atom stereocenters. The third-order valence-electron chi connectivity index (χ3n) is 2.98. The first-order chi connectivity index (χ1) is 10.7. The van der Waals surface area contributed by atoms with Gasteiger partial charge in [0.05, 0.1) is 19.8 Å². The highest BCUT2D eigenvalue weighted by molar-refractivity contribution is 5.92. The van der Waals surface area contributed by atoms with Gasteiger partial charge in [0, 0.05) is 18.3 Å². The van der Waals surface area contributed by atoms with Crippen LogP contribution in [0.3, 0.4) is 0 Å². The van der Waals surface area contributed by atoms with Crippen molar-refractivity contribution in [1.29, 1.82) is 0 Å². The van der Waals surface area contributed by atoms with Crippen LogP contribution in [0.5, 0.6) is 11.5 Å². The van der Waals surface area contributed by atoms with Crippen molar-refractivity contribution in [3.8, 4) is 11.5 Å². The Labute approximate surface area is 140 Å². The first-order valence-electron chi connectivity index (χ1n) is 8.13. The van der Waals surface area contributed by atoms with Crippen molar-refractivity contribution in [1.82, 2.24) is 4.90 Å². The molecule has 5 nitrogen and oxygen atoms in total. The second kappa shape index (κ2) is 8.77. The number of rotatable bonds is 8. The van der Waals surface area contributed by atoms with Crippen molar-refractivity contribution in [2.24, 2.45) is 5.41 Å². The van der Waals surface area contributed by atoms with E-state index in [0.717, 1.165) is 6.54 Å². The first kappa shape index (κ1) is 19.3. The van der Waals surface area contributed by atoms with Crippen molar-refractivity contribution in [2.75, 3.05) is 38.7 Å². The quantitative estimate of drug-likeness (QED) is 0.797. The molecule has 130 valence electrons. The summed E-state index contributed by atoms with van der Waals surface area (Å²) >= 11 is 0. The molecule has 0 heterocycles. The Kier molecular flexibility index (Phi) is 7.36. The highest BCUT2D eigenvalue weighted by atomic mass is 16.5. The van der Waals surface area contributed by atoms with Crippen molar-refractivity contribution in [2.45, 2.75) is 34.6 Å². The maximum Gasteiger partial charge on any atom is 0.238 e. The van der Waals surface area contributed by atoms with Gasteiger partial charge in [-0.25, -0.2) is 0 Å². The summed E-state index contributed by atoms with van der Waals surface area (Å²) in [6.45, 7) is 12.6. The van der Waals surface area contributed by atoms with E-state index in [2.05, 4.69) is 26.1 Å². The zero-order valence-electron chi connectivity index (χ0n) is 15.2. The highest BCUT2D eigenvalue weighted by Crippen LogP contribution is 2.30. The number of carbonyl (C=O) groups excluding carboxylic acids is 1. The van der Waals surface area contributed by atoms with E-state index in [4.69, 9.17) is 9.47 Å². The second-order valence-electron chi connectivity index (χ2n) is 6.81. The molecule has 0 aliphatic heterocycles. The van der Waals surface area contributed by atoms with Gasteiger partial charge in [0.15, 0.2) is 11.5 Å². The van der Waals surface area contributed by atoms with E-state index in [-0.39, 0.29) is 11.3 Å². The molecule has 0 unspecified atom stereocenters. The molecular formula is C18H30N2O3. The van der Waals surface area contributed by atoms with Crippen LogP contribution in [-0.2, 0) is 4.79 Å². The topological polar surface area (TPSA) is 50.8 Å². The average Bonchev–Trinajstić information content (AvgIpc) is 2.39. The van der Waals surface area contributed by atoms with Crippen LogP contribution in [0.25, 0.3) is 0 Å². The van der Waals surface area contributed by atoms with Crippen LogP contribution < -0.4 is 14.8 Å². The fraction of sp³-hybridized carbons (Fsp3) is 0.611. The molecule has 1 amide bonds. The van der Waals surface area contributed by atoms with E-state index in [1.807, 2.05) is 37.9 Å². The number of anilines is 1. The Morgan fingerprint density at radius 2 is 1.74 bits per heavy atom. The Balaban J connectivity index is 2.69. The predicted octanol–water partition coefficient (Wildman–Crippen LogP) is 3.40. The number of likely N-dealkylation sites (N-methyl/N-ethyl adjacent to an activating group) is 1. The molecular weight excluding hydrogens is 292 g/mol. The van der Waals surface area contributed by atoms with Gasteiger partial charge in [-0.15, -0.1) is 0 Å². The summed E-state index contributed by atoms with van der Waals surface area (Å²) < 4.78 is 11.1. The minimum atomic E-state index is -0.0386. The number of ether oxygens (including phenoxy) is 2. The minimum absolute atomic E-state index is 0.0386. The molecule has 0 aliphatic carbocycles. The maximum atomic E-state index is 12.2. The van der Waals surface area contributed by atoms with Gasteiger partial charge in [-0.2, -0.15) is 0 Å². The van der Waals surface area contributed by atoms with Crippen LogP contribution in [0, 0.1) is 5.41 Å². The monoisotopic (exact) mass is 322 g/mol. The van der Waals surface area contributed by atoms with Crippen LogP contribution >= 0.6 is 0 Å². The van der Waals surface area contributed by atoms with Crippen LogP contribution in [-0.4, -0.2) is 44.2 Å². The molecule has 1 aromatic rings. The Hall–Kier alpha value is -1.75. The Bertz CT molecular complexity index is 509. The molecule has 1 aromatic carbocycles. The van der Waals surface area contributed by atoms with Crippen molar-refractivity contribution < 1.29 is 14.3 Å². The first-order valence-corrected chi connectivity index (χ1v) is 8.13. The summed E-state index contributed by atoms with van der Waals surface area (Å²) in [4.78, 5) is 14.2. The van der Waals surface area contributed by atoms with E-state index >= 15 is 0 Å². The number of benzene rings is 1. The highest BCUT2D eigenvalue weighted by Gasteiger charge is 2.16. The van der Waals surface area contributed by atoms with Gasteiger partial charge in [0.25, 0.3) is 0 Å². The number of nitrogens with one attached hydrogen (secondary N) is 1. The number of hydrogen-bond donors (Lipinski definition) is 1. The maximum absolute atomic E-state index is 12.2. The zero-order chi connectivity index (χ0) is 17.5. The van der Waals surface area contributed by atoms with Gasteiger partial charge in [-0.3, -0.25) is 9.69 Å². The summed E-state index contributed by atoms with van der Waals surface area (Å²) in [6, 6.07) is 5.45. The van der Waals surface area contributed by atoms with E-state index in [1.54, 1.807) is 6.07 Å². The van der Waals surface area contributed by atoms with Crippen LogP contribution in [0.15, 0.2) is 18.2 Å². The fourth-order valence-corrected chi connectivity index (χ4v) is 2.44. The summed E-state index contributed by atoms with van der Waals surface area (Å²) in [6.07, 6.45) is 0. The molecule has 0 saturated carbocycles. The van der Waals surface area contributed by atoms with Gasteiger partial charge >= 0.3 is 0 Å². The van der Waals surface area contributed by atoms with E-state index in [9.17, 15) is 4.79 Å². The van der Waals surface area contributed by atoms with Gasteiger partial charge in [0.1, 0.15) is 0 Å². The SMILES string of the molecule is CCOc1ccc(NC(=O)CN(C)CC(C)(C)C)cc1OCC. The van der Waals surface area contributed by atoms with Crippen LogP contribution in [0.1, 0.15) is 34.6 Å². The lowest BCUT2D eigenvalue weighted by molar-refractivity contribution is -0.117. The molecule has 0 bridgehead atoms. The predicted molar refractivity (Wildman–Crippen MR) is 94.4 cm³/mol. The molecule has 5 heteroatoms. The molecule has 1 N–H and O–H groups in total. The molecule has 0 saturated heterocycles. The van der Waals surface area contributed by atoms with E-state index in [0.29, 0.717) is 36.9 Å². The van der Waals surface area contributed by atoms with Gasteiger partial charge in [0.2, 0.25) is 5.91 Å². The fourth-order valence-electron chi connectivity index (χ4n) is 2.44. The molecule has 0 radical (unpaired) electrons. The lowest BCUT2D eigenvalue weighted by Crippen LogP contribution is -2.35. The van der Waals surface area contributed by atoms with Crippen molar-refractivity contribution in [3.63, 3.8) is 0 Å². The largest absolute Gasteiger partial charge is 0.490 e. The number of amides is 1. The Morgan fingerprint density at radius 1 is 1.13 bits per heavy atom. The normalized spacial score (nSPS) is 11.4. The van der Waals surface area contributed by atoms with Crippen LogP contribution in [0.4, 0.5) is 5.69 Å². The number of carbonyl (C=O) groups is 1. The summed E-state index contributed by atoms with van der Waals surface area (Å²) in [5.41, 5.74) is 0.877. The smallest absolute Gasteiger partial charge is 0.238 e. The van der Waals surface area contributed by atoms with Gasteiger partial charge in [-0.05, 0) is 38.4 Å². The summed E-state index contributed by atoms with van der Waals surface area (Å²) in [5.74, 6) is 1.30. The Morgan fingerprint density at radius 3 is 2.30 bits per heavy atom. The van der Waals surface area contributed by atoms with Gasteiger partial charge in [-0.1, -0.05) is 20.8 Å². The van der Waals surface area contributed by atoms with E-state index in [1.165, 1.54) is 0 Å². The van der Waals surface area contributed by atoms with Crippen LogP contribution in [0.2, 0.25) is 0 Å². The lowest BCUT2D eigenvalue weighted by atomic mass is 9.96. The third kappa shape index (κ3) is 7.37. The summed E-state index contributed by atoms with van der Waals surface area (Å²) in [5, 5.41) is 2.91. The minimum Gasteiger partial charge on any atom is -0.490 e. The number of nitrogens with zero attached hydrogens (tertiary/aromatic N) is 1. The summed E-state index contributed by atoms with van der Waals surface area (Å²) in [7, 11) is 1.95. The molecule has 1 rings (SSSR count). The molecule has 0 aromatic heterocycles. The average molecular weight is 322 g/mol. The molecule has 0 fully saturated rings. The number of hydrogen-bond acceptors (Lipinski definition) is 4. The molecule has 23 heavy (non-hydrogen) atoms. The van der Waals surface area contributed by atoms with E-state index < -0.39 is 0 Å². The second-order valence-corrected chi connectivity index (χ2v) is 6.81. The van der Waals surface area contributed by atoms with Gasteiger partial charge < -0.3 is 14.8 Å².